The van der Waals surface area contributed by atoms with Crippen LogP contribution < -0.4 is 20.3 Å². The van der Waals surface area contributed by atoms with Gasteiger partial charge in [0.15, 0.2) is 0 Å². The van der Waals surface area contributed by atoms with Gasteiger partial charge < -0.3 is 23.8 Å². The number of nitrogens with zero attached hydrogens (tertiary/aromatic N) is 3. The molecule has 0 radical (unpaired) electrons. The average Bonchev–Trinajstić information content (AvgIpc) is 3.47. The third kappa shape index (κ3) is 5.94. The number of rotatable bonds is 9. The summed E-state index contributed by atoms with van der Waals surface area (Å²) in [5.74, 6) is 0.991. The summed E-state index contributed by atoms with van der Waals surface area (Å²) in [4.78, 5) is 20.9. The Balaban J connectivity index is 1.48. The van der Waals surface area contributed by atoms with Gasteiger partial charge >= 0.3 is 0 Å². The lowest BCUT2D eigenvalue weighted by Gasteiger charge is -2.34. The molecule has 39 heavy (non-hydrogen) atoms. The van der Waals surface area contributed by atoms with Crippen LogP contribution in [0.2, 0.25) is 0 Å². The maximum Gasteiger partial charge on any atom is 0.261 e. The SMILES string of the molecule is COC[C@H]1CN(c2ccc3c(=O)n(CCc4ccc(S(N)(=O)=O)cc4OC)c([C@H]4CCCO4)nc3c2)CCO1. The zero-order chi connectivity index (χ0) is 27.6. The molecule has 210 valence electrons. The molecule has 0 saturated carbocycles. The van der Waals surface area contributed by atoms with Gasteiger partial charge in [-0.15, -0.1) is 0 Å². The molecule has 2 fully saturated rings. The summed E-state index contributed by atoms with van der Waals surface area (Å²) < 4.78 is 47.6. The Kier molecular flexibility index (Phi) is 8.19. The number of aryl methyl sites for hydroxylation is 1. The molecule has 3 aromatic rings. The Labute approximate surface area is 227 Å². The fourth-order valence-corrected chi connectivity index (χ4v) is 5.78. The summed E-state index contributed by atoms with van der Waals surface area (Å²) in [6.45, 7) is 3.51. The molecule has 1 aromatic heterocycles. The number of fused-ring (bicyclic) bond motifs is 1. The first-order valence-electron chi connectivity index (χ1n) is 13.0. The van der Waals surface area contributed by atoms with Gasteiger partial charge in [0, 0.05) is 45.1 Å². The highest BCUT2D eigenvalue weighted by Gasteiger charge is 2.26. The van der Waals surface area contributed by atoms with E-state index in [1.165, 1.54) is 19.2 Å². The van der Waals surface area contributed by atoms with Crippen LogP contribution in [0.5, 0.6) is 5.75 Å². The van der Waals surface area contributed by atoms with Crippen LogP contribution in [0.4, 0.5) is 5.69 Å². The minimum atomic E-state index is -3.86. The fraction of sp³-hybridized carbons (Fsp3) is 0.481. The molecule has 2 aromatic carbocycles. The number of ether oxygens (including phenoxy) is 4. The van der Waals surface area contributed by atoms with Gasteiger partial charge in [0.25, 0.3) is 5.56 Å². The number of hydrogen-bond donors (Lipinski definition) is 1. The Hall–Kier alpha value is -3.03. The van der Waals surface area contributed by atoms with Crippen molar-refractivity contribution in [3.05, 3.63) is 58.1 Å². The van der Waals surface area contributed by atoms with Gasteiger partial charge in [0.05, 0.1) is 42.2 Å². The van der Waals surface area contributed by atoms with E-state index in [1.807, 2.05) is 18.2 Å². The predicted octanol–water partition coefficient (Wildman–Crippen LogP) is 2.00. The zero-order valence-electron chi connectivity index (χ0n) is 22.2. The molecule has 2 aliphatic heterocycles. The lowest BCUT2D eigenvalue weighted by molar-refractivity contribution is -0.0100. The van der Waals surface area contributed by atoms with Gasteiger partial charge in [0.1, 0.15) is 17.7 Å². The van der Waals surface area contributed by atoms with Crippen molar-refractivity contribution in [3.63, 3.8) is 0 Å². The fourth-order valence-electron chi connectivity index (χ4n) is 5.25. The predicted molar refractivity (Wildman–Crippen MR) is 146 cm³/mol. The molecular formula is C27H34N4O7S. The molecular weight excluding hydrogens is 524 g/mol. The summed E-state index contributed by atoms with van der Waals surface area (Å²) in [5.41, 5.74) is 2.22. The monoisotopic (exact) mass is 558 g/mol. The van der Waals surface area contributed by atoms with Crippen molar-refractivity contribution >= 4 is 26.6 Å². The van der Waals surface area contributed by atoms with E-state index in [0.29, 0.717) is 61.8 Å². The maximum atomic E-state index is 13.8. The second kappa shape index (κ2) is 11.6. The highest BCUT2D eigenvalue weighted by atomic mass is 32.2. The molecule has 5 rings (SSSR count). The minimum Gasteiger partial charge on any atom is -0.496 e. The van der Waals surface area contributed by atoms with Crippen molar-refractivity contribution in [2.45, 2.75) is 42.9 Å². The highest BCUT2D eigenvalue weighted by Crippen LogP contribution is 2.30. The van der Waals surface area contributed by atoms with Gasteiger partial charge in [-0.25, -0.2) is 18.5 Å². The van der Waals surface area contributed by atoms with Crippen molar-refractivity contribution in [2.24, 2.45) is 5.14 Å². The van der Waals surface area contributed by atoms with Gasteiger partial charge in [0.2, 0.25) is 10.0 Å². The summed E-state index contributed by atoms with van der Waals surface area (Å²) in [6, 6.07) is 10.3. The van der Waals surface area contributed by atoms with Crippen LogP contribution in [-0.2, 0) is 37.2 Å². The third-order valence-corrected chi connectivity index (χ3v) is 8.15. The van der Waals surface area contributed by atoms with E-state index in [9.17, 15) is 13.2 Å². The molecule has 2 saturated heterocycles. The first-order valence-corrected chi connectivity index (χ1v) is 14.5. The Bertz CT molecular complexity index is 1500. The van der Waals surface area contributed by atoms with Crippen molar-refractivity contribution in [1.82, 2.24) is 9.55 Å². The Morgan fingerprint density at radius 2 is 1.97 bits per heavy atom. The first kappa shape index (κ1) is 27.5. The van der Waals surface area contributed by atoms with E-state index in [4.69, 9.17) is 29.1 Å². The van der Waals surface area contributed by atoms with E-state index in [0.717, 1.165) is 30.6 Å². The number of benzene rings is 2. The molecule has 3 heterocycles. The van der Waals surface area contributed by atoms with Gasteiger partial charge in [-0.2, -0.15) is 0 Å². The van der Waals surface area contributed by atoms with Crippen molar-refractivity contribution in [2.75, 3.05) is 52.0 Å². The summed E-state index contributed by atoms with van der Waals surface area (Å²) in [5, 5.41) is 5.80. The van der Waals surface area contributed by atoms with Crippen LogP contribution >= 0.6 is 0 Å². The van der Waals surface area contributed by atoms with Crippen LogP contribution in [-0.4, -0.2) is 71.2 Å². The number of morpholine rings is 1. The van der Waals surface area contributed by atoms with E-state index in [-0.39, 0.29) is 22.7 Å². The molecule has 2 aliphatic rings. The Morgan fingerprint density at radius 3 is 2.69 bits per heavy atom. The second-order valence-electron chi connectivity index (χ2n) is 9.79. The molecule has 0 spiro atoms. The molecule has 0 bridgehead atoms. The highest BCUT2D eigenvalue weighted by molar-refractivity contribution is 7.89. The number of hydrogen-bond acceptors (Lipinski definition) is 9. The number of methoxy groups -OCH3 is 2. The molecule has 2 atom stereocenters. The van der Waals surface area contributed by atoms with E-state index in [2.05, 4.69) is 4.90 Å². The van der Waals surface area contributed by atoms with Crippen LogP contribution in [0.15, 0.2) is 46.1 Å². The minimum absolute atomic E-state index is 0.0149. The number of primary sulfonamides is 1. The number of nitrogens with two attached hydrogens (primary N) is 1. The second-order valence-corrected chi connectivity index (χ2v) is 11.4. The lowest BCUT2D eigenvalue weighted by Crippen LogP contribution is -2.44. The molecule has 11 nitrogen and oxygen atoms in total. The first-order chi connectivity index (χ1) is 18.8. The number of anilines is 1. The largest absolute Gasteiger partial charge is 0.496 e. The number of aromatic nitrogens is 2. The van der Waals surface area contributed by atoms with Crippen LogP contribution in [0.1, 0.15) is 30.3 Å². The van der Waals surface area contributed by atoms with Crippen LogP contribution in [0, 0.1) is 0 Å². The van der Waals surface area contributed by atoms with Gasteiger partial charge in [-0.05, 0) is 49.1 Å². The van der Waals surface area contributed by atoms with E-state index in [1.54, 1.807) is 17.7 Å². The van der Waals surface area contributed by atoms with E-state index < -0.39 is 10.0 Å². The van der Waals surface area contributed by atoms with E-state index >= 15 is 0 Å². The molecule has 0 unspecified atom stereocenters. The Morgan fingerprint density at radius 1 is 1.13 bits per heavy atom. The smallest absolute Gasteiger partial charge is 0.261 e. The third-order valence-electron chi connectivity index (χ3n) is 7.23. The maximum absolute atomic E-state index is 13.8. The van der Waals surface area contributed by atoms with Crippen LogP contribution in [0.3, 0.4) is 0 Å². The molecule has 12 heteroatoms. The van der Waals surface area contributed by atoms with Gasteiger partial charge in [-0.1, -0.05) is 6.07 Å². The quantitative estimate of drug-likeness (QED) is 0.418. The zero-order valence-corrected chi connectivity index (χ0v) is 23.0. The van der Waals surface area contributed by atoms with Crippen LogP contribution in [0.25, 0.3) is 10.9 Å². The summed E-state index contributed by atoms with van der Waals surface area (Å²) in [6.07, 6.45) is 1.82. The standard InChI is InChI=1S/C27H34N4O7S/c1-35-17-20-16-30(11-13-37-20)19-6-8-22-23(14-19)29-26(24-4-3-12-38-24)31(27(22)32)10-9-18-5-7-21(39(28,33)34)15-25(18)36-2/h5-8,14-15,20,24H,3-4,9-13,16-17H2,1-2H3,(H2,28,33,34)/t20-,24-/m1/s1. The topological polar surface area (TPSA) is 135 Å². The summed E-state index contributed by atoms with van der Waals surface area (Å²) >= 11 is 0. The number of sulfonamides is 1. The van der Waals surface area contributed by atoms with Crippen molar-refractivity contribution < 1.29 is 27.4 Å². The average molecular weight is 559 g/mol. The van der Waals surface area contributed by atoms with Crippen molar-refractivity contribution in [3.8, 4) is 5.75 Å². The molecule has 0 aliphatic carbocycles. The summed E-state index contributed by atoms with van der Waals surface area (Å²) in [7, 11) is -0.733. The lowest BCUT2D eigenvalue weighted by atomic mass is 10.1. The van der Waals surface area contributed by atoms with Crippen molar-refractivity contribution in [1.29, 1.82) is 0 Å². The molecule has 2 N–H and O–H groups in total. The molecule has 0 amide bonds. The normalized spacial score (nSPS) is 20.0. The van der Waals surface area contributed by atoms with Gasteiger partial charge in [-0.3, -0.25) is 9.36 Å².